The summed E-state index contributed by atoms with van der Waals surface area (Å²) in [7, 11) is -3.64. The Kier molecular flexibility index (Phi) is 6.87. The van der Waals surface area contributed by atoms with Gasteiger partial charge in [-0.2, -0.15) is 0 Å². The van der Waals surface area contributed by atoms with E-state index in [1.807, 2.05) is 0 Å². The van der Waals surface area contributed by atoms with Gasteiger partial charge in [-0.25, -0.2) is 17.2 Å². The monoisotopic (exact) mass is 321 g/mol. The number of nitrogens with one attached hydrogen (secondary N) is 1. The minimum Gasteiger partial charge on any atom is -0.503 e. The second-order valence-electron chi connectivity index (χ2n) is 4.98. The van der Waals surface area contributed by atoms with Crippen LogP contribution < -0.4 is 4.72 Å². The van der Waals surface area contributed by atoms with Crippen LogP contribution >= 0.6 is 0 Å². The van der Waals surface area contributed by atoms with Crippen LogP contribution in [0.5, 0.6) is 5.75 Å². The molecule has 2 N–H and O–H groups in total. The first-order chi connectivity index (χ1) is 9.85. The Bertz CT molecular complexity index is 538. The van der Waals surface area contributed by atoms with Gasteiger partial charge in [-0.3, -0.25) is 4.72 Å². The maximum absolute atomic E-state index is 13.1. The molecule has 7 heteroatoms. The van der Waals surface area contributed by atoms with Crippen molar-refractivity contribution in [1.29, 1.82) is 0 Å². The number of halogens is 2. The lowest BCUT2D eigenvalue weighted by atomic mass is 10.1. The second-order valence-corrected chi connectivity index (χ2v) is 6.82. The molecule has 0 radical (unpaired) electrons. The van der Waals surface area contributed by atoms with Crippen molar-refractivity contribution in [2.45, 2.75) is 45.4 Å². The zero-order valence-corrected chi connectivity index (χ0v) is 12.8. The number of sulfonamides is 1. The van der Waals surface area contributed by atoms with Crippen molar-refractivity contribution in [3.05, 3.63) is 23.8 Å². The van der Waals surface area contributed by atoms with Crippen LogP contribution in [0.2, 0.25) is 0 Å². The van der Waals surface area contributed by atoms with Crippen LogP contribution in [-0.2, 0) is 10.0 Å². The minimum absolute atomic E-state index is 0.0940. The molecule has 0 saturated heterocycles. The summed E-state index contributed by atoms with van der Waals surface area (Å²) in [6.45, 7) is 2.10. The number of hydrogen-bond donors (Lipinski definition) is 2. The Labute approximate surface area is 124 Å². The van der Waals surface area contributed by atoms with E-state index in [1.54, 1.807) is 0 Å². The van der Waals surface area contributed by atoms with E-state index in [1.165, 1.54) is 0 Å². The van der Waals surface area contributed by atoms with E-state index in [4.69, 9.17) is 5.11 Å². The van der Waals surface area contributed by atoms with E-state index < -0.39 is 27.4 Å². The minimum atomic E-state index is -3.64. The summed E-state index contributed by atoms with van der Waals surface area (Å²) in [4.78, 5) is 0. The number of phenols is 1. The van der Waals surface area contributed by atoms with Crippen molar-refractivity contribution < 1.29 is 22.3 Å². The van der Waals surface area contributed by atoms with E-state index in [2.05, 4.69) is 11.6 Å². The molecule has 120 valence electrons. The number of phenolic OH excluding ortho intramolecular Hbond substituents is 1. The lowest BCUT2D eigenvalue weighted by Gasteiger charge is -2.09. The molecule has 21 heavy (non-hydrogen) atoms. The molecule has 1 aromatic rings. The summed E-state index contributed by atoms with van der Waals surface area (Å²) in [5, 5.41) is 8.95. The molecular formula is C14H21F2NO3S. The molecule has 0 saturated carbocycles. The third-order valence-electron chi connectivity index (χ3n) is 3.06. The molecule has 0 aliphatic carbocycles. The average Bonchev–Trinajstić information content (AvgIpc) is 2.39. The molecule has 0 bridgehead atoms. The molecule has 1 rings (SSSR count). The van der Waals surface area contributed by atoms with E-state index in [9.17, 15) is 17.2 Å². The molecule has 0 aliphatic rings. The van der Waals surface area contributed by atoms with Gasteiger partial charge in [-0.1, -0.05) is 39.0 Å². The highest BCUT2D eigenvalue weighted by atomic mass is 32.2. The van der Waals surface area contributed by atoms with Crippen LogP contribution in [0.25, 0.3) is 0 Å². The SMILES string of the molecule is CCCCCCCCS(=O)(=O)Nc1cc(F)c(O)c(F)c1. The number of hydrogen-bond acceptors (Lipinski definition) is 3. The fourth-order valence-corrected chi connectivity index (χ4v) is 3.09. The van der Waals surface area contributed by atoms with Gasteiger partial charge < -0.3 is 5.11 Å². The number of aromatic hydroxyl groups is 1. The van der Waals surface area contributed by atoms with Crippen LogP contribution in [0.1, 0.15) is 45.4 Å². The molecule has 0 fully saturated rings. The van der Waals surface area contributed by atoms with Gasteiger partial charge in [0.2, 0.25) is 10.0 Å². The molecule has 0 aromatic heterocycles. The molecule has 0 atom stereocenters. The fourth-order valence-electron chi connectivity index (χ4n) is 1.93. The lowest BCUT2D eigenvalue weighted by Crippen LogP contribution is -2.17. The number of rotatable bonds is 9. The summed E-state index contributed by atoms with van der Waals surface area (Å²) in [5.41, 5.74) is -0.228. The third kappa shape index (κ3) is 6.29. The summed E-state index contributed by atoms with van der Waals surface area (Å²) >= 11 is 0. The normalized spacial score (nSPS) is 11.6. The van der Waals surface area contributed by atoms with Crippen molar-refractivity contribution >= 4 is 15.7 Å². The molecule has 0 spiro atoms. The first-order valence-electron chi connectivity index (χ1n) is 7.04. The van der Waals surface area contributed by atoms with Gasteiger partial charge in [-0.05, 0) is 6.42 Å². The Balaban J connectivity index is 2.49. The third-order valence-corrected chi connectivity index (χ3v) is 4.43. The van der Waals surface area contributed by atoms with Crippen molar-refractivity contribution in [1.82, 2.24) is 0 Å². The highest BCUT2D eigenvalue weighted by Gasteiger charge is 2.14. The lowest BCUT2D eigenvalue weighted by molar-refractivity contribution is 0.396. The molecule has 0 unspecified atom stereocenters. The van der Waals surface area contributed by atoms with E-state index in [0.29, 0.717) is 6.42 Å². The topological polar surface area (TPSA) is 66.4 Å². The van der Waals surface area contributed by atoms with E-state index >= 15 is 0 Å². The summed E-state index contributed by atoms with van der Waals surface area (Å²) in [6, 6.07) is 1.49. The van der Waals surface area contributed by atoms with Gasteiger partial charge in [0, 0.05) is 12.1 Å². The number of benzene rings is 1. The van der Waals surface area contributed by atoms with Crippen LogP contribution in [-0.4, -0.2) is 19.3 Å². The smallest absolute Gasteiger partial charge is 0.232 e. The maximum Gasteiger partial charge on any atom is 0.232 e. The van der Waals surface area contributed by atoms with Crippen molar-refractivity contribution in [2.75, 3.05) is 10.5 Å². The van der Waals surface area contributed by atoms with Crippen LogP contribution in [0.4, 0.5) is 14.5 Å². The first-order valence-corrected chi connectivity index (χ1v) is 8.69. The Morgan fingerprint density at radius 1 is 1.05 bits per heavy atom. The molecule has 4 nitrogen and oxygen atoms in total. The molecule has 0 heterocycles. The first kappa shape index (κ1) is 17.7. The summed E-state index contributed by atoms with van der Waals surface area (Å²) < 4.78 is 51.9. The average molecular weight is 321 g/mol. The van der Waals surface area contributed by atoms with Crippen molar-refractivity contribution in [3.63, 3.8) is 0 Å². The summed E-state index contributed by atoms with van der Waals surface area (Å²) in [5.74, 6) is -3.61. The van der Waals surface area contributed by atoms with E-state index in [0.717, 1.165) is 44.2 Å². The van der Waals surface area contributed by atoms with Gasteiger partial charge in [0.05, 0.1) is 11.4 Å². The van der Waals surface area contributed by atoms with Crippen LogP contribution in [0, 0.1) is 11.6 Å². The number of anilines is 1. The molecule has 0 amide bonds. The van der Waals surface area contributed by atoms with Crippen molar-refractivity contribution in [3.8, 4) is 5.75 Å². The van der Waals surface area contributed by atoms with Gasteiger partial charge in [0.15, 0.2) is 17.4 Å². The standard InChI is InChI=1S/C14H21F2NO3S/c1-2-3-4-5-6-7-8-21(19,20)17-11-9-12(15)14(18)13(16)10-11/h9-10,17-18H,2-8H2,1H3. The molecule has 1 aromatic carbocycles. The van der Waals surface area contributed by atoms with Crippen LogP contribution in [0.3, 0.4) is 0 Å². The van der Waals surface area contributed by atoms with E-state index in [-0.39, 0.29) is 11.4 Å². The Morgan fingerprint density at radius 3 is 2.14 bits per heavy atom. The zero-order chi connectivity index (χ0) is 15.9. The zero-order valence-electron chi connectivity index (χ0n) is 12.0. The second kappa shape index (κ2) is 8.17. The highest BCUT2D eigenvalue weighted by molar-refractivity contribution is 7.92. The predicted octanol–water partition coefficient (Wildman–Crippen LogP) is 3.77. The van der Waals surface area contributed by atoms with Crippen molar-refractivity contribution in [2.24, 2.45) is 0 Å². The van der Waals surface area contributed by atoms with Gasteiger partial charge in [0.1, 0.15) is 0 Å². The quantitative estimate of drug-likeness (QED) is 0.537. The Morgan fingerprint density at radius 2 is 1.57 bits per heavy atom. The Hall–Kier alpha value is -1.37. The predicted molar refractivity (Wildman–Crippen MR) is 78.8 cm³/mol. The number of unbranched alkanes of at least 4 members (excludes halogenated alkanes) is 5. The molecular weight excluding hydrogens is 300 g/mol. The highest BCUT2D eigenvalue weighted by Crippen LogP contribution is 2.24. The van der Waals surface area contributed by atoms with Gasteiger partial charge in [-0.15, -0.1) is 0 Å². The summed E-state index contributed by atoms with van der Waals surface area (Å²) in [6.07, 6.45) is 5.63. The largest absolute Gasteiger partial charge is 0.503 e. The van der Waals surface area contributed by atoms with Gasteiger partial charge in [0.25, 0.3) is 0 Å². The fraction of sp³-hybridized carbons (Fsp3) is 0.571. The van der Waals surface area contributed by atoms with Crippen LogP contribution in [0.15, 0.2) is 12.1 Å². The molecule has 0 aliphatic heterocycles. The van der Waals surface area contributed by atoms with Gasteiger partial charge >= 0.3 is 0 Å². The maximum atomic E-state index is 13.1.